The number of hydrogen-bond donors (Lipinski definition) is 1. The van der Waals surface area contributed by atoms with Crippen LogP contribution in [0.1, 0.15) is 18.4 Å². The van der Waals surface area contributed by atoms with Gasteiger partial charge in [0.2, 0.25) is 0 Å². The van der Waals surface area contributed by atoms with Crippen molar-refractivity contribution in [3.63, 3.8) is 0 Å². The number of benzene rings is 1. The highest BCUT2D eigenvalue weighted by Crippen LogP contribution is 2.14. The van der Waals surface area contributed by atoms with Crippen LogP contribution >= 0.6 is 15.9 Å². The summed E-state index contributed by atoms with van der Waals surface area (Å²) in [6.07, 6.45) is 8.15. The minimum atomic E-state index is 0.468. The fourth-order valence-corrected chi connectivity index (χ4v) is 2.00. The fourth-order valence-electron chi connectivity index (χ4n) is 1.55. The lowest BCUT2D eigenvalue weighted by Gasteiger charge is -2.14. The number of nitrogens with one attached hydrogen (secondary N) is 1. The fraction of sp³-hybridized carbons (Fsp3) is 0.385. The van der Waals surface area contributed by atoms with E-state index in [0.717, 1.165) is 23.7 Å². The first-order chi connectivity index (χ1) is 7.26. The molecule has 0 spiro atoms. The van der Waals surface area contributed by atoms with Crippen molar-refractivity contribution in [1.82, 2.24) is 5.32 Å². The quantitative estimate of drug-likeness (QED) is 0.808. The summed E-state index contributed by atoms with van der Waals surface area (Å²) in [6, 6.07) is 8.87. The zero-order valence-corrected chi connectivity index (χ0v) is 10.5. The number of likely N-dealkylation sites (N-methyl/N-ethyl adjacent to an activating group) is 1. The lowest BCUT2D eigenvalue weighted by molar-refractivity contribution is 0.528. The Morgan fingerprint density at radius 2 is 2.33 bits per heavy atom. The summed E-state index contributed by atoms with van der Waals surface area (Å²) in [4.78, 5) is 0. The van der Waals surface area contributed by atoms with Gasteiger partial charge in [0, 0.05) is 16.9 Å². The van der Waals surface area contributed by atoms with Gasteiger partial charge in [-0.05, 0) is 37.6 Å². The lowest BCUT2D eigenvalue weighted by Crippen LogP contribution is -2.27. The molecule has 0 radical (unpaired) electrons. The van der Waals surface area contributed by atoms with Crippen molar-refractivity contribution in [1.29, 1.82) is 0 Å². The Bertz CT molecular complexity index is 341. The third-order valence-electron chi connectivity index (χ3n) is 2.42. The van der Waals surface area contributed by atoms with E-state index in [-0.39, 0.29) is 0 Å². The molecule has 1 unspecified atom stereocenters. The van der Waals surface area contributed by atoms with Gasteiger partial charge < -0.3 is 5.32 Å². The molecule has 0 aliphatic heterocycles. The molecule has 15 heavy (non-hydrogen) atoms. The summed E-state index contributed by atoms with van der Waals surface area (Å²) in [5.41, 5.74) is 1.33. The molecule has 0 aliphatic carbocycles. The Morgan fingerprint density at radius 3 is 2.93 bits per heavy atom. The minimum Gasteiger partial charge on any atom is -0.317 e. The molecular weight excluding hydrogens is 250 g/mol. The predicted molar refractivity (Wildman–Crippen MR) is 68.8 cm³/mol. The van der Waals surface area contributed by atoms with Gasteiger partial charge in [0.25, 0.3) is 0 Å². The van der Waals surface area contributed by atoms with Gasteiger partial charge in [-0.2, -0.15) is 0 Å². The van der Waals surface area contributed by atoms with E-state index in [1.54, 1.807) is 0 Å². The van der Waals surface area contributed by atoms with Crippen LogP contribution in [0.15, 0.2) is 28.7 Å². The van der Waals surface area contributed by atoms with Crippen LogP contribution in [0.3, 0.4) is 0 Å². The summed E-state index contributed by atoms with van der Waals surface area (Å²) in [5, 5.41) is 3.29. The number of halogens is 1. The van der Waals surface area contributed by atoms with E-state index in [9.17, 15) is 0 Å². The van der Waals surface area contributed by atoms with E-state index >= 15 is 0 Å². The topological polar surface area (TPSA) is 12.0 Å². The zero-order chi connectivity index (χ0) is 11.1. The third-order valence-corrected chi connectivity index (χ3v) is 2.91. The average molecular weight is 266 g/mol. The Labute approximate surface area is 100 Å². The van der Waals surface area contributed by atoms with E-state index in [4.69, 9.17) is 6.42 Å². The average Bonchev–Trinajstić information content (AvgIpc) is 2.24. The Kier molecular flexibility index (Phi) is 5.45. The Morgan fingerprint density at radius 1 is 1.53 bits per heavy atom. The first kappa shape index (κ1) is 12.3. The molecule has 1 aromatic carbocycles. The van der Waals surface area contributed by atoms with Crippen LogP contribution in [0.25, 0.3) is 0 Å². The third kappa shape index (κ3) is 4.51. The molecular formula is C13H16BrN. The van der Waals surface area contributed by atoms with Crippen molar-refractivity contribution in [3.8, 4) is 12.3 Å². The summed E-state index contributed by atoms with van der Waals surface area (Å²) in [6.45, 7) is 0. The molecule has 1 aromatic rings. The summed E-state index contributed by atoms with van der Waals surface area (Å²) in [7, 11) is 1.99. The van der Waals surface area contributed by atoms with Crippen LogP contribution < -0.4 is 5.32 Å². The highest BCUT2D eigenvalue weighted by atomic mass is 79.9. The van der Waals surface area contributed by atoms with E-state index in [2.05, 4.69) is 45.4 Å². The highest BCUT2D eigenvalue weighted by Gasteiger charge is 2.06. The highest BCUT2D eigenvalue weighted by molar-refractivity contribution is 9.10. The maximum absolute atomic E-state index is 5.26. The van der Waals surface area contributed by atoms with Crippen LogP contribution in [-0.4, -0.2) is 13.1 Å². The van der Waals surface area contributed by atoms with Gasteiger partial charge in [0.1, 0.15) is 0 Å². The lowest BCUT2D eigenvalue weighted by atomic mass is 10.0. The van der Waals surface area contributed by atoms with Crippen molar-refractivity contribution >= 4 is 15.9 Å². The second-order valence-corrected chi connectivity index (χ2v) is 4.48. The van der Waals surface area contributed by atoms with Crippen LogP contribution in [0.4, 0.5) is 0 Å². The molecule has 0 aliphatic rings. The molecule has 0 bridgehead atoms. The minimum absolute atomic E-state index is 0.468. The van der Waals surface area contributed by atoms with Crippen molar-refractivity contribution < 1.29 is 0 Å². The second-order valence-electron chi connectivity index (χ2n) is 3.56. The molecule has 0 saturated heterocycles. The van der Waals surface area contributed by atoms with Gasteiger partial charge in [-0.3, -0.25) is 0 Å². The summed E-state index contributed by atoms with van der Waals surface area (Å²) < 4.78 is 1.13. The molecule has 0 saturated carbocycles. The molecule has 80 valence electrons. The smallest absolute Gasteiger partial charge is 0.0178 e. The number of hydrogen-bond acceptors (Lipinski definition) is 1. The first-order valence-electron chi connectivity index (χ1n) is 5.11. The van der Waals surface area contributed by atoms with Crippen molar-refractivity contribution in [3.05, 3.63) is 34.3 Å². The zero-order valence-electron chi connectivity index (χ0n) is 8.96. The number of terminal acetylenes is 1. The molecule has 0 amide bonds. The molecule has 1 rings (SSSR count). The summed E-state index contributed by atoms with van der Waals surface area (Å²) in [5.74, 6) is 2.68. The summed E-state index contributed by atoms with van der Waals surface area (Å²) >= 11 is 3.47. The van der Waals surface area contributed by atoms with Gasteiger partial charge >= 0.3 is 0 Å². The molecule has 2 heteroatoms. The SMILES string of the molecule is C#CCCC(Cc1cccc(Br)c1)NC. The van der Waals surface area contributed by atoms with Crippen molar-refractivity contribution in [2.24, 2.45) is 0 Å². The van der Waals surface area contributed by atoms with Crippen LogP contribution in [0.2, 0.25) is 0 Å². The Balaban J connectivity index is 2.55. The van der Waals surface area contributed by atoms with Gasteiger partial charge in [-0.25, -0.2) is 0 Å². The molecule has 0 aromatic heterocycles. The van der Waals surface area contributed by atoms with E-state index in [0.29, 0.717) is 6.04 Å². The van der Waals surface area contributed by atoms with Crippen LogP contribution in [-0.2, 0) is 6.42 Å². The molecule has 1 atom stereocenters. The second kappa shape index (κ2) is 6.66. The molecule has 1 nitrogen and oxygen atoms in total. The maximum Gasteiger partial charge on any atom is 0.0178 e. The van der Waals surface area contributed by atoms with Crippen molar-refractivity contribution in [2.75, 3.05) is 7.05 Å². The molecule has 0 fully saturated rings. The predicted octanol–water partition coefficient (Wildman–Crippen LogP) is 2.99. The van der Waals surface area contributed by atoms with Gasteiger partial charge in [0.05, 0.1) is 0 Å². The van der Waals surface area contributed by atoms with Gasteiger partial charge in [0.15, 0.2) is 0 Å². The van der Waals surface area contributed by atoms with E-state index in [1.165, 1.54) is 5.56 Å². The monoisotopic (exact) mass is 265 g/mol. The molecule has 1 N–H and O–H groups in total. The van der Waals surface area contributed by atoms with E-state index < -0.39 is 0 Å². The van der Waals surface area contributed by atoms with Gasteiger partial charge in [-0.1, -0.05) is 28.1 Å². The molecule has 0 heterocycles. The first-order valence-corrected chi connectivity index (χ1v) is 5.90. The normalized spacial score (nSPS) is 12.1. The maximum atomic E-state index is 5.26. The van der Waals surface area contributed by atoms with Crippen LogP contribution in [0, 0.1) is 12.3 Å². The van der Waals surface area contributed by atoms with E-state index in [1.807, 2.05) is 13.1 Å². The van der Waals surface area contributed by atoms with Crippen LogP contribution in [0.5, 0.6) is 0 Å². The number of rotatable bonds is 5. The largest absolute Gasteiger partial charge is 0.317 e. The van der Waals surface area contributed by atoms with Crippen molar-refractivity contribution in [2.45, 2.75) is 25.3 Å². The standard InChI is InChI=1S/C13H16BrN/c1-3-4-8-13(15-2)10-11-6-5-7-12(14)9-11/h1,5-7,9,13,15H,4,8,10H2,2H3. The Hall–Kier alpha value is -0.780. The van der Waals surface area contributed by atoms with Gasteiger partial charge in [-0.15, -0.1) is 12.3 Å².